The monoisotopic (exact) mass is 246 g/mol. The lowest BCUT2D eigenvalue weighted by Crippen LogP contribution is -2.37. The van der Waals surface area contributed by atoms with E-state index in [0.717, 1.165) is 11.3 Å². The van der Waals surface area contributed by atoms with Crippen molar-refractivity contribution in [2.45, 2.75) is 13.8 Å². The Labute approximate surface area is 107 Å². The maximum absolute atomic E-state index is 12.0. The minimum Gasteiger partial charge on any atom is -0.449 e. The van der Waals surface area contributed by atoms with Gasteiger partial charge in [0.05, 0.1) is 12.3 Å². The molecular formula is C14H16NO3. The predicted molar refractivity (Wildman–Crippen MR) is 69.8 cm³/mol. The van der Waals surface area contributed by atoms with Crippen molar-refractivity contribution in [3.63, 3.8) is 0 Å². The molecule has 0 aromatic heterocycles. The molecule has 1 radical (unpaired) electrons. The van der Waals surface area contributed by atoms with Gasteiger partial charge < -0.3 is 9.47 Å². The van der Waals surface area contributed by atoms with Crippen molar-refractivity contribution in [1.29, 1.82) is 0 Å². The Morgan fingerprint density at radius 2 is 1.94 bits per heavy atom. The fourth-order valence-corrected chi connectivity index (χ4v) is 1.82. The lowest BCUT2D eigenvalue weighted by molar-refractivity contribution is 0.135. The van der Waals surface area contributed by atoms with E-state index in [-0.39, 0.29) is 0 Å². The first-order valence-electron chi connectivity index (χ1n) is 6.01. The van der Waals surface area contributed by atoms with Crippen LogP contribution in [-0.4, -0.2) is 19.3 Å². The molecule has 0 bridgehead atoms. The number of benzene rings is 1. The molecule has 1 heterocycles. The van der Waals surface area contributed by atoms with E-state index in [1.807, 2.05) is 37.3 Å². The van der Waals surface area contributed by atoms with Crippen LogP contribution in [-0.2, 0) is 9.47 Å². The molecule has 1 aromatic rings. The van der Waals surface area contributed by atoms with Crippen LogP contribution in [0.15, 0.2) is 30.3 Å². The molecule has 1 aliphatic heterocycles. The number of fused-ring (bicyclic) bond motifs is 1. The van der Waals surface area contributed by atoms with E-state index >= 15 is 0 Å². The third kappa shape index (κ3) is 2.38. The highest BCUT2D eigenvalue weighted by Crippen LogP contribution is 2.33. The second-order valence-corrected chi connectivity index (χ2v) is 3.70. The van der Waals surface area contributed by atoms with E-state index in [1.54, 1.807) is 13.0 Å². The molecule has 0 saturated heterocycles. The summed E-state index contributed by atoms with van der Waals surface area (Å²) in [7, 11) is 0. The topological polar surface area (TPSA) is 38.8 Å². The molecule has 1 amide bonds. The van der Waals surface area contributed by atoms with Gasteiger partial charge in [-0.2, -0.15) is 0 Å². The van der Waals surface area contributed by atoms with E-state index in [0.29, 0.717) is 19.4 Å². The molecule has 4 nitrogen and oxygen atoms in total. The van der Waals surface area contributed by atoms with Gasteiger partial charge in [-0.05, 0) is 31.6 Å². The number of rotatable bonds is 3. The van der Waals surface area contributed by atoms with Crippen LogP contribution in [0.5, 0.6) is 0 Å². The number of para-hydroxylation sites is 1. The minimum atomic E-state index is -0.419. The normalized spacial score (nSPS) is 14.4. The van der Waals surface area contributed by atoms with Gasteiger partial charge in [-0.15, -0.1) is 0 Å². The smallest absolute Gasteiger partial charge is 0.417 e. The summed E-state index contributed by atoms with van der Waals surface area (Å²) in [4.78, 5) is 13.5. The van der Waals surface area contributed by atoms with E-state index in [9.17, 15) is 4.79 Å². The molecule has 18 heavy (non-hydrogen) atoms. The van der Waals surface area contributed by atoms with Crippen LogP contribution >= 0.6 is 0 Å². The molecule has 0 saturated carbocycles. The number of hydrogen-bond acceptors (Lipinski definition) is 3. The van der Waals surface area contributed by atoms with Crippen LogP contribution in [0, 0.1) is 6.23 Å². The molecule has 2 rings (SSSR count). The zero-order valence-electron chi connectivity index (χ0n) is 10.6. The van der Waals surface area contributed by atoms with E-state index in [2.05, 4.69) is 0 Å². The van der Waals surface area contributed by atoms with Crippen molar-refractivity contribution in [1.82, 2.24) is 0 Å². The fraction of sp³-hybridized carbons (Fsp3) is 0.286. The van der Waals surface area contributed by atoms with Crippen LogP contribution in [0.25, 0.3) is 6.08 Å². The van der Waals surface area contributed by atoms with Gasteiger partial charge in [-0.25, -0.2) is 9.69 Å². The number of amides is 1. The summed E-state index contributed by atoms with van der Waals surface area (Å²) >= 11 is 0. The Hall–Kier alpha value is -1.81. The van der Waals surface area contributed by atoms with Gasteiger partial charge in [0, 0.05) is 6.61 Å². The SMILES string of the molecule is CCO[C]1C=Cc2ccccc2N1C(=O)OCC. The Morgan fingerprint density at radius 1 is 1.17 bits per heavy atom. The first kappa shape index (κ1) is 12.6. The van der Waals surface area contributed by atoms with Crippen molar-refractivity contribution in [3.05, 3.63) is 42.1 Å². The fourth-order valence-electron chi connectivity index (χ4n) is 1.82. The Balaban J connectivity index is 2.35. The summed E-state index contributed by atoms with van der Waals surface area (Å²) in [6.45, 7) is 4.49. The Morgan fingerprint density at radius 3 is 2.67 bits per heavy atom. The molecule has 0 spiro atoms. The van der Waals surface area contributed by atoms with Gasteiger partial charge in [0.1, 0.15) is 0 Å². The van der Waals surface area contributed by atoms with Crippen molar-refractivity contribution in [2.75, 3.05) is 18.1 Å². The molecule has 0 atom stereocenters. The summed E-state index contributed by atoms with van der Waals surface area (Å²) in [5.74, 6) is 0. The molecular weight excluding hydrogens is 230 g/mol. The lowest BCUT2D eigenvalue weighted by Gasteiger charge is -2.31. The quantitative estimate of drug-likeness (QED) is 0.822. The molecule has 4 heteroatoms. The Bertz CT molecular complexity index is 456. The average Bonchev–Trinajstić information content (AvgIpc) is 2.39. The van der Waals surface area contributed by atoms with Crippen LogP contribution < -0.4 is 4.90 Å². The van der Waals surface area contributed by atoms with Crippen molar-refractivity contribution >= 4 is 17.9 Å². The second-order valence-electron chi connectivity index (χ2n) is 3.70. The van der Waals surface area contributed by atoms with Crippen molar-refractivity contribution in [3.8, 4) is 0 Å². The van der Waals surface area contributed by atoms with Gasteiger partial charge >= 0.3 is 6.09 Å². The first-order valence-corrected chi connectivity index (χ1v) is 6.01. The molecule has 0 N–H and O–H groups in total. The Kier molecular flexibility index (Phi) is 3.99. The first-order chi connectivity index (χ1) is 8.77. The number of nitrogens with zero attached hydrogens (tertiary/aromatic N) is 1. The highest BCUT2D eigenvalue weighted by Gasteiger charge is 2.30. The summed E-state index contributed by atoms with van der Waals surface area (Å²) in [6.07, 6.45) is 3.78. The third-order valence-electron chi connectivity index (χ3n) is 2.55. The van der Waals surface area contributed by atoms with E-state index in [4.69, 9.17) is 9.47 Å². The van der Waals surface area contributed by atoms with Crippen LogP contribution in [0.4, 0.5) is 10.5 Å². The molecule has 1 aliphatic rings. The van der Waals surface area contributed by atoms with Gasteiger partial charge in [0.25, 0.3) is 0 Å². The van der Waals surface area contributed by atoms with Crippen molar-refractivity contribution < 1.29 is 14.3 Å². The average molecular weight is 246 g/mol. The number of carbonyl (C=O) groups excluding carboxylic acids is 1. The summed E-state index contributed by atoms with van der Waals surface area (Å²) in [5.41, 5.74) is 1.75. The zero-order chi connectivity index (χ0) is 13.0. The molecule has 95 valence electrons. The highest BCUT2D eigenvalue weighted by atomic mass is 16.6. The lowest BCUT2D eigenvalue weighted by atomic mass is 10.1. The summed E-state index contributed by atoms with van der Waals surface area (Å²) < 4.78 is 10.5. The summed E-state index contributed by atoms with van der Waals surface area (Å²) in [6, 6.07) is 7.63. The standard InChI is InChI=1S/C14H16NO3/c1-3-17-13-10-9-11-7-5-6-8-12(11)15(13)14(16)18-4-2/h5-10H,3-4H2,1-2H3. The minimum absolute atomic E-state index is 0.334. The largest absolute Gasteiger partial charge is 0.449 e. The maximum Gasteiger partial charge on any atom is 0.417 e. The maximum atomic E-state index is 12.0. The van der Waals surface area contributed by atoms with Crippen molar-refractivity contribution in [2.24, 2.45) is 0 Å². The predicted octanol–water partition coefficient (Wildman–Crippen LogP) is 3.20. The van der Waals surface area contributed by atoms with Gasteiger partial charge in [-0.1, -0.05) is 24.3 Å². The summed E-state index contributed by atoms with van der Waals surface area (Å²) in [5, 5.41) is 0. The second kappa shape index (κ2) is 5.69. The van der Waals surface area contributed by atoms with Gasteiger partial charge in [-0.3, -0.25) is 0 Å². The molecule has 0 aliphatic carbocycles. The number of carbonyl (C=O) groups is 1. The van der Waals surface area contributed by atoms with E-state index < -0.39 is 6.09 Å². The molecule has 1 aromatic carbocycles. The zero-order valence-corrected chi connectivity index (χ0v) is 10.6. The number of anilines is 1. The number of hydrogen-bond donors (Lipinski definition) is 0. The third-order valence-corrected chi connectivity index (χ3v) is 2.55. The van der Waals surface area contributed by atoms with Gasteiger partial charge in [0.2, 0.25) is 6.23 Å². The van der Waals surface area contributed by atoms with Crippen LogP contribution in [0.3, 0.4) is 0 Å². The van der Waals surface area contributed by atoms with Gasteiger partial charge in [0.15, 0.2) is 0 Å². The number of ether oxygens (including phenoxy) is 2. The van der Waals surface area contributed by atoms with Crippen LogP contribution in [0.2, 0.25) is 0 Å². The van der Waals surface area contributed by atoms with E-state index in [1.165, 1.54) is 4.90 Å². The highest BCUT2D eigenvalue weighted by molar-refractivity contribution is 5.95. The molecule has 0 unspecified atom stereocenters. The molecule has 0 fully saturated rings. The van der Waals surface area contributed by atoms with Crippen LogP contribution in [0.1, 0.15) is 19.4 Å².